The van der Waals surface area contributed by atoms with Crippen LogP contribution >= 0.6 is 0 Å². The highest BCUT2D eigenvalue weighted by molar-refractivity contribution is 7.89. The highest BCUT2D eigenvalue weighted by atomic mass is 32.2. The number of hydrogen-bond donors (Lipinski definition) is 1. The van der Waals surface area contributed by atoms with Crippen molar-refractivity contribution in [2.75, 3.05) is 13.1 Å². The van der Waals surface area contributed by atoms with Crippen LogP contribution in [-0.4, -0.2) is 41.9 Å². The Labute approximate surface area is 139 Å². The number of hydrogen-bond acceptors (Lipinski definition) is 6. The molecular weight excluding hydrogens is 332 g/mol. The second kappa shape index (κ2) is 6.70. The van der Waals surface area contributed by atoms with E-state index in [-0.39, 0.29) is 17.3 Å². The first kappa shape index (κ1) is 16.6. The van der Waals surface area contributed by atoms with Gasteiger partial charge >= 0.3 is 0 Å². The topological polar surface area (TPSA) is 105 Å². The van der Waals surface area contributed by atoms with Crippen molar-refractivity contribution in [3.05, 3.63) is 41.6 Å². The van der Waals surface area contributed by atoms with Gasteiger partial charge in [-0.1, -0.05) is 0 Å². The van der Waals surface area contributed by atoms with Crippen LogP contribution in [0.3, 0.4) is 0 Å². The molecule has 0 aliphatic carbocycles. The van der Waals surface area contributed by atoms with Crippen molar-refractivity contribution in [3.8, 4) is 0 Å². The average molecular weight is 350 g/mol. The Kier molecular flexibility index (Phi) is 4.63. The van der Waals surface area contributed by atoms with E-state index in [1.54, 1.807) is 6.92 Å². The van der Waals surface area contributed by atoms with E-state index in [1.165, 1.54) is 28.6 Å². The molecule has 0 saturated carbocycles. The van der Waals surface area contributed by atoms with Gasteiger partial charge in [0.2, 0.25) is 21.8 Å². The predicted molar refractivity (Wildman–Crippen MR) is 84.6 cm³/mol. The Morgan fingerprint density at radius 1 is 1.21 bits per heavy atom. The van der Waals surface area contributed by atoms with Crippen LogP contribution < -0.4 is 5.32 Å². The predicted octanol–water partition coefficient (Wildman–Crippen LogP) is 1.09. The number of aromatic nitrogens is 2. The third-order valence-electron chi connectivity index (χ3n) is 3.79. The van der Waals surface area contributed by atoms with Crippen molar-refractivity contribution in [1.82, 2.24) is 19.8 Å². The fourth-order valence-corrected chi connectivity index (χ4v) is 4.04. The zero-order chi connectivity index (χ0) is 17.2. The lowest BCUT2D eigenvalue weighted by Gasteiger charge is -2.15. The summed E-state index contributed by atoms with van der Waals surface area (Å²) in [7, 11) is -3.47. The van der Waals surface area contributed by atoms with E-state index < -0.39 is 10.0 Å². The van der Waals surface area contributed by atoms with E-state index in [0.717, 1.165) is 12.8 Å². The van der Waals surface area contributed by atoms with Crippen molar-refractivity contribution >= 4 is 15.9 Å². The number of carbonyl (C=O) groups excluding carboxylic acids is 1. The summed E-state index contributed by atoms with van der Waals surface area (Å²) in [6.07, 6.45) is 1.77. The zero-order valence-corrected chi connectivity index (χ0v) is 14.0. The first-order chi connectivity index (χ1) is 11.5. The molecule has 0 radical (unpaired) electrons. The van der Waals surface area contributed by atoms with Gasteiger partial charge in [-0.3, -0.25) is 4.79 Å². The third-order valence-corrected chi connectivity index (χ3v) is 5.70. The molecule has 1 aliphatic rings. The fourth-order valence-electron chi connectivity index (χ4n) is 2.52. The average Bonchev–Trinajstić information content (AvgIpc) is 3.24. The molecule has 1 saturated heterocycles. The van der Waals surface area contributed by atoms with Crippen LogP contribution in [0.25, 0.3) is 0 Å². The van der Waals surface area contributed by atoms with Gasteiger partial charge in [-0.25, -0.2) is 8.42 Å². The zero-order valence-electron chi connectivity index (χ0n) is 13.2. The van der Waals surface area contributed by atoms with Crippen LogP contribution in [0.2, 0.25) is 0 Å². The SMILES string of the molecule is Cc1nnc(CNC(=O)c2ccc(S(=O)(=O)N3CCCC3)cc2)o1. The molecule has 0 spiro atoms. The minimum absolute atomic E-state index is 0.119. The lowest BCUT2D eigenvalue weighted by atomic mass is 10.2. The molecule has 1 N–H and O–H groups in total. The molecule has 9 heteroatoms. The molecule has 1 aromatic carbocycles. The van der Waals surface area contributed by atoms with Crippen LogP contribution in [0.4, 0.5) is 0 Å². The molecule has 1 fully saturated rings. The maximum absolute atomic E-state index is 12.4. The summed E-state index contributed by atoms with van der Waals surface area (Å²) in [5.74, 6) is 0.403. The molecule has 1 aliphatic heterocycles. The number of benzene rings is 1. The molecule has 128 valence electrons. The molecule has 24 heavy (non-hydrogen) atoms. The Hall–Kier alpha value is -2.26. The van der Waals surface area contributed by atoms with Gasteiger partial charge in [0.1, 0.15) is 0 Å². The van der Waals surface area contributed by atoms with Gasteiger partial charge in [-0.15, -0.1) is 10.2 Å². The Balaban J connectivity index is 1.66. The number of carbonyl (C=O) groups is 1. The minimum Gasteiger partial charge on any atom is -0.424 e. The molecule has 1 aromatic heterocycles. The molecule has 0 bridgehead atoms. The van der Waals surface area contributed by atoms with E-state index >= 15 is 0 Å². The maximum Gasteiger partial charge on any atom is 0.251 e. The summed E-state index contributed by atoms with van der Waals surface area (Å²) in [5, 5.41) is 10.1. The monoisotopic (exact) mass is 350 g/mol. The highest BCUT2D eigenvalue weighted by Gasteiger charge is 2.27. The highest BCUT2D eigenvalue weighted by Crippen LogP contribution is 2.21. The van der Waals surface area contributed by atoms with Gasteiger partial charge in [0.15, 0.2) is 0 Å². The number of rotatable bonds is 5. The fraction of sp³-hybridized carbons (Fsp3) is 0.400. The molecule has 3 rings (SSSR count). The van der Waals surface area contributed by atoms with Gasteiger partial charge in [0.05, 0.1) is 11.4 Å². The standard InChI is InChI=1S/C15H18N4O4S/c1-11-17-18-14(23-11)10-16-15(20)12-4-6-13(7-5-12)24(21,22)19-8-2-3-9-19/h4-7H,2-3,8-10H2,1H3,(H,16,20). The van der Waals surface area contributed by atoms with Crippen molar-refractivity contribution in [3.63, 3.8) is 0 Å². The summed E-state index contributed by atoms with van der Waals surface area (Å²) >= 11 is 0. The van der Waals surface area contributed by atoms with Crippen LogP contribution in [-0.2, 0) is 16.6 Å². The van der Waals surface area contributed by atoms with Crippen molar-refractivity contribution < 1.29 is 17.6 Å². The number of amides is 1. The number of aryl methyl sites for hydroxylation is 1. The molecule has 0 atom stereocenters. The van der Waals surface area contributed by atoms with Crippen LogP contribution in [0, 0.1) is 6.92 Å². The molecule has 0 unspecified atom stereocenters. The van der Waals surface area contributed by atoms with E-state index in [9.17, 15) is 13.2 Å². The van der Waals surface area contributed by atoms with Gasteiger partial charge in [0, 0.05) is 25.6 Å². The Bertz CT molecular complexity index is 823. The number of nitrogens with one attached hydrogen (secondary N) is 1. The van der Waals surface area contributed by atoms with Gasteiger partial charge in [0.25, 0.3) is 5.91 Å². The normalized spacial score (nSPS) is 15.5. The van der Waals surface area contributed by atoms with E-state index in [0.29, 0.717) is 30.4 Å². The second-order valence-corrected chi connectivity index (χ2v) is 7.47. The summed E-state index contributed by atoms with van der Waals surface area (Å²) in [6.45, 7) is 2.88. The van der Waals surface area contributed by atoms with Gasteiger partial charge in [-0.2, -0.15) is 4.31 Å². The summed E-state index contributed by atoms with van der Waals surface area (Å²) in [4.78, 5) is 12.3. The van der Waals surface area contributed by atoms with E-state index in [2.05, 4.69) is 15.5 Å². The summed E-state index contributed by atoms with van der Waals surface area (Å²) in [5.41, 5.74) is 0.367. The lowest BCUT2D eigenvalue weighted by molar-refractivity contribution is 0.0947. The largest absolute Gasteiger partial charge is 0.424 e. The van der Waals surface area contributed by atoms with Crippen LogP contribution in [0.1, 0.15) is 35.0 Å². The van der Waals surface area contributed by atoms with E-state index in [1.807, 2.05) is 0 Å². The Morgan fingerprint density at radius 3 is 2.46 bits per heavy atom. The van der Waals surface area contributed by atoms with Crippen molar-refractivity contribution in [1.29, 1.82) is 0 Å². The smallest absolute Gasteiger partial charge is 0.251 e. The third kappa shape index (κ3) is 3.46. The van der Waals surface area contributed by atoms with E-state index in [4.69, 9.17) is 4.42 Å². The second-order valence-electron chi connectivity index (χ2n) is 5.53. The van der Waals surface area contributed by atoms with Crippen LogP contribution in [0.15, 0.2) is 33.6 Å². The first-order valence-electron chi connectivity index (χ1n) is 7.64. The summed E-state index contributed by atoms with van der Waals surface area (Å²) < 4.78 is 31.5. The molecular formula is C15H18N4O4S. The van der Waals surface area contributed by atoms with Gasteiger partial charge in [-0.05, 0) is 37.1 Å². The minimum atomic E-state index is -3.47. The maximum atomic E-state index is 12.4. The molecule has 2 heterocycles. The molecule has 2 aromatic rings. The Morgan fingerprint density at radius 2 is 1.88 bits per heavy atom. The van der Waals surface area contributed by atoms with Gasteiger partial charge < -0.3 is 9.73 Å². The number of nitrogens with zero attached hydrogens (tertiary/aromatic N) is 3. The molecule has 1 amide bonds. The van der Waals surface area contributed by atoms with Crippen LogP contribution in [0.5, 0.6) is 0 Å². The number of sulfonamides is 1. The van der Waals surface area contributed by atoms with Crippen molar-refractivity contribution in [2.45, 2.75) is 31.2 Å². The lowest BCUT2D eigenvalue weighted by Crippen LogP contribution is -2.28. The quantitative estimate of drug-likeness (QED) is 0.865. The summed E-state index contributed by atoms with van der Waals surface area (Å²) in [6, 6.07) is 5.91. The van der Waals surface area contributed by atoms with Crippen molar-refractivity contribution in [2.24, 2.45) is 0 Å². The molecule has 8 nitrogen and oxygen atoms in total. The first-order valence-corrected chi connectivity index (χ1v) is 9.08.